The summed E-state index contributed by atoms with van der Waals surface area (Å²) in [5.41, 5.74) is -0.213. The molecule has 0 aliphatic heterocycles. The Hall–Kier alpha value is -2.04. The summed E-state index contributed by atoms with van der Waals surface area (Å²) in [6.45, 7) is 7.27. The predicted octanol–water partition coefficient (Wildman–Crippen LogP) is 3.21. The number of hydrogen-bond acceptors (Lipinski definition) is 4. The van der Waals surface area contributed by atoms with Crippen molar-refractivity contribution in [1.29, 1.82) is 0 Å². The second kappa shape index (κ2) is 6.22. The first-order chi connectivity index (χ1) is 8.84. The predicted molar refractivity (Wildman–Crippen MR) is 72.2 cm³/mol. The van der Waals surface area contributed by atoms with Gasteiger partial charge in [0.1, 0.15) is 0 Å². The van der Waals surface area contributed by atoms with E-state index < -0.39 is 11.5 Å². The molecule has 1 rings (SSSR count). The normalized spacial score (nSPS) is 10.7. The van der Waals surface area contributed by atoms with Crippen LogP contribution in [0.4, 0.5) is 10.5 Å². The molecular formula is C14H19NO4. The minimum absolute atomic E-state index is 0.274. The Labute approximate surface area is 112 Å². The molecule has 5 heteroatoms. The summed E-state index contributed by atoms with van der Waals surface area (Å²) < 4.78 is 10.1. The summed E-state index contributed by atoms with van der Waals surface area (Å²) in [7, 11) is 0. The third-order valence-electron chi connectivity index (χ3n) is 2.21. The van der Waals surface area contributed by atoms with Crippen LogP contribution in [0.5, 0.6) is 5.75 Å². The summed E-state index contributed by atoms with van der Waals surface area (Å²) in [4.78, 5) is 23.2. The lowest BCUT2D eigenvalue weighted by Crippen LogP contribution is -2.26. The lowest BCUT2D eigenvalue weighted by atomic mass is 9.97. The lowest BCUT2D eigenvalue weighted by Gasteiger charge is -2.18. The molecular weight excluding hydrogens is 246 g/mol. The maximum absolute atomic E-state index is 11.8. The van der Waals surface area contributed by atoms with E-state index >= 15 is 0 Å². The van der Waals surface area contributed by atoms with Gasteiger partial charge in [-0.3, -0.25) is 10.1 Å². The minimum atomic E-state index is -0.614. The van der Waals surface area contributed by atoms with Crippen molar-refractivity contribution in [2.45, 2.75) is 27.7 Å². The van der Waals surface area contributed by atoms with E-state index in [0.29, 0.717) is 11.4 Å². The van der Waals surface area contributed by atoms with Gasteiger partial charge in [-0.15, -0.1) is 0 Å². The second-order valence-corrected chi connectivity index (χ2v) is 4.98. The molecule has 0 aromatic heterocycles. The van der Waals surface area contributed by atoms with Gasteiger partial charge in [-0.05, 0) is 39.8 Å². The van der Waals surface area contributed by atoms with Gasteiger partial charge in [0, 0.05) is 0 Å². The average molecular weight is 265 g/mol. The smallest absolute Gasteiger partial charge is 0.411 e. The van der Waals surface area contributed by atoms with Gasteiger partial charge in [-0.2, -0.15) is 0 Å². The van der Waals surface area contributed by atoms with E-state index in [1.807, 2.05) is 0 Å². The number of carbonyl (C=O) groups excluding carboxylic acids is 2. The van der Waals surface area contributed by atoms with Gasteiger partial charge in [-0.25, -0.2) is 4.79 Å². The van der Waals surface area contributed by atoms with Crippen LogP contribution in [0.15, 0.2) is 24.3 Å². The van der Waals surface area contributed by atoms with E-state index in [-0.39, 0.29) is 12.6 Å². The summed E-state index contributed by atoms with van der Waals surface area (Å²) >= 11 is 0. The van der Waals surface area contributed by atoms with Crippen LogP contribution in [0.3, 0.4) is 0 Å². The Balaban J connectivity index is 2.84. The summed E-state index contributed by atoms with van der Waals surface area (Å²) in [5.74, 6) is -0.0684. The molecule has 0 atom stereocenters. The molecule has 1 N–H and O–H groups in total. The van der Waals surface area contributed by atoms with Crippen LogP contribution in [0.25, 0.3) is 0 Å². The molecule has 5 nitrogen and oxygen atoms in total. The first-order valence-electron chi connectivity index (χ1n) is 6.09. The highest BCUT2D eigenvalue weighted by Gasteiger charge is 2.24. The standard InChI is InChI=1S/C14H19NO4/c1-5-18-13(17)15-10-8-6-7-9-11(10)19-12(16)14(2,3)4/h6-9H,5H2,1-4H3,(H,15,17). The maximum atomic E-state index is 11.8. The molecule has 0 aliphatic rings. The van der Waals surface area contributed by atoms with Crippen molar-refractivity contribution in [3.8, 4) is 5.75 Å². The molecule has 0 aliphatic carbocycles. The van der Waals surface area contributed by atoms with Crippen molar-refractivity contribution in [2.75, 3.05) is 11.9 Å². The Morgan fingerprint density at radius 1 is 1.21 bits per heavy atom. The first-order valence-corrected chi connectivity index (χ1v) is 6.09. The number of hydrogen-bond donors (Lipinski definition) is 1. The van der Waals surface area contributed by atoms with E-state index in [4.69, 9.17) is 9.47 Å². The van der Waals surface area contributed by atoms with E-state index in [1.54, 1.807) is 52.0 Å². The number of carbonyl (C=O) groups is 2. The molecule has 0 unspecified atom stereocenters. The van der Waals surface area contributed by atoms with E-state index in [1.165, 1.54) is 0 Å². The topological polar surface area (TPSA) is 64.6 Å². The SMILES string of the molecule is CCOC(=O)Nc1ccccc1OC(=O)C(C)(C)C. The summed E-state index contributed by atoms with van der Waals surface area (Å²) in [5, 5.41) is 2.53. The zero-order valence-corrected chi connectivity index (χ0v) is 11.6. The highest BCUT2D eigenvalue weighted by molar-refractivity contribution is 5.88. The molecule has 19 heavy (non-hydrogen) atoms. The monoisotopic (exact) mass is 265 g/mol. The summed E-state index contributed by atoms with van der Waals surface area (Å²) in [6.07, 6.45) is -0.582. The maximum Gasteiger partial charge on any atom is 0.411 e. The van der Waals surface area contributed by atoms with Crippen LogP contribution in [0, 0.1) is 5.41 Å². The number of nitrogens with one attached hydrogen (secondary N) is 1. The van der Waals surface area contributed by atoms with Crippen molar-refractivity contribution in [2.24, 2.45) is 5.41 Å². The Bertz CT molecular complexity index is 463. The van der Waals surface area contributed by atoms with Crippen LogP contribution in [-0.2, 0) is 9.53 Å². The van der Waals surface area contributed by atoms with Crippen molar-refractivity contribution in [3.05, 3.63) is 24.3 Å². The van der Waals surface area contributed by atoms with E-state index in [2.05, 4.69) is 5.32 Å². The first kappa shape index (κ1) is 15.0. The van der Waals surface area contributed by atoms with Crippen LogP contribution in [-0.4, -0.2) is 18.7 Å². The molecule has 104 valence electrons. The molecule has 0 bridgehead atoms. The van der Waals surface area contributed by atoms with Crippen molar-refractivity contribution in [3.63, 3.8) is 0 Å². The van der Waals surface area contributed by atoms with Gasteiger partial charge in [0.15, 0.2) is 5.75 Å². The zero-order valence-electron chi connectivity index (χ0n) is 11.6. The quantitative estimate of drug-likeness (QED) is 0.673. The average Bonchev–Trinajstić information content (AvgIpc) is 2.30. The minimum Gasteiger partial charge on any atom is -0.450 e. The molecule has 0 saturated heterocycles. The lowest BCUT2D eigenvalue weighted by molar-refractivity contribution is -0.142. The molecule has 1 aromatic carbocycles. The third-order valence-corrected chi connectivity index (χ3v) is 2.21. The van der Waals surface area contributed by atoms with Crippen LogP contribution in [0.2, 0.25) is 0 Å². The van der Waals surface area contributed by atoms with Gasteiger partial charge in [0.2, 0.25) is 0 Å². The molecule has 0 fully saturated rings. The number of para-hydroxylation sites is 2. The molecule has 0 heterocycles. The van der Waals surface area contributed by atoms with E-state index in [9.17, 15) is 9.59 Å². The molecule has 0 saturated carbocycles. The van der Waals surface area contributed by atoms with Gasteiger partial charge in [0.25, 0.3) is 0 Å². The molecule has 0 spiro atoms. The molecule has 1 amide bonds. The van der Waals surface area contributed by atoms with Gasteiger partial charge < -0.3 is 9.47 Å². The fraction of sp³-hybridized carbons (Fsp3) is 0.429. The Morgan fingerprint density at radius 3 is 2.42 bits per heavy atom. The van der Waals surface area contributed by atoms with Crippen molar-refractivity contribution < 1.29 is 19.1 Å². The Kier molecular flexibility index (Phi) is 4.92. The number of anilines is 1. The fourth-order valence-corrected chi connectivity index (χ4v) is 1.19. The van der Waals surface area contributed by atoms with Gasteiger partial charge in [-0.1, -0.05) is 12.1 Å². The number of amides is 1. The number of rotatable bonds is 3. The van der Waals surface area contributed by atoms with Gasteiger partial charge in [0.05, 0.1) is 17.7 Å². The second-order valence-electron chi connectivity index (χ2n) is 4.98. The molecule has 0 radical (unpaired) electrons. The zero-order chi connectivity index (χ0) is 14.5. The Morgan fingerprint density at radius 2 is 1.84 bits per heavy atom. The van der Waals surface area contributed by atoms with Crippen molar-refractivity contribution >= 4 is 17.7 Å². The number of benzene rings is 1. The highest BCUT2D eigenvalue weighted by atomic mass is 16.6. The van der Waals surface area contributed by atoms with Crippen LogP contribution >= 0.6 is 0 Å². The largest absolute Gasteiger partial charge is 0.450 e. The van der Waals surface area contributed by atoms with Crippen LogP contribution in [0.1, 0.15) is 27.7 Å². The molecule has 1 aromatic rings. The number of ether oxygens (including phenoxy) is 2. The highest BCUT2D eigenvalue weighted by Crippen LogP contribution is 2.27. The van der Waals surface area contributed by atoms with Gasteiger partial charge >= 0.3 is 12.1 Å². The van der Waals surface area contributed by atoms with Crippen LogP contribution < -0.4 is 10.1 Å². The fourth-order valence-electron chi connectivity index (χ4n) is 1.19. The van der Waals surface area contributed by atoms with E-state index in [0.717, 1.165) is 0 Å². The third kappa shape index (κ3) is 4.62. The summed E-state index contributed by atoms with van der Waals surface area (Å²) in [6, 6.07) is 6.71. The van der Waals surface area contributed by atoms with Crippen molar-refractivity contribution in [1.82, 2.24) is 0 Å². The number of esters is 1.